The van der Waals surface area contributed by atoms with E-state index < -0.39 is 20.3 Å². The number of aliphatic imine (C=N–C) groups is 1. The molecule has 21 heavy (non-hydrogen) atoms. The Balaban J connectivity index is 0.000000690. The molecular weight excluding hydrogens is 325 g/mol. The molecule has 1 rings (SSSR count). The van der Waals surface area contributed by atoms with Gasteiger partial charge in [-0.2, -0.15) is 8.42 Å². The van der Waals surface area contributed by atoms with E-state index in [-0.39, 0.29) is 10.8 Å². The molecule has 10 heteroatoms. The summed E-state index contributed by atoms with van der Waals surface area (Å²) in [7, 11) is -7.06. The number of hydrogen-bond donors (Lipinski definition) is 1. The van der Waals surface area contributed by atoms with E-state index in [4.69, 9.17) is 17.7 Å². The summed E-state index contributed by atoms with van der Waals surface area (Å²) < 4.78 is 62.5. The third kappa shape index (κ3) is 9.93. The number of aryl methyl sites for hydroxylation is 1. The maximum atomic E-state index is 11.8. The molecule has 0 fully saturated rings. The summed E-state index contributed by atoms with van der Waals surface area (Å²) in [5.74, 6) is 0.0751. The maximum Gasteiger partial charge on any atom is 0.435 e. The van der Waals surface area contributed by atoms with Gasteiger partial charge < -0.3 is 4.74 Å². The number of benzene rings is 1. The first kappa shape index (κ1) is 19.5. The summed E-state index contributed by atoms with van der Waals surface area (Å²) in [5, 5.41) is 0. The zero-order valence-electron chi connectivity index (χ0n) is 11.6. The van der Waals surface area contributed by atoms with Crippen LogP contribution in [-0.4, -0.2) is 40.3 Å². The van der Waals surface area contributed by atoms with Crippen molar-refractivity contribution in [2.75, 3.05) is 13.0 Å². The molecule has 0 heterocycles. The Morgan fingerprint density at radius 3 is 2.05 bits per heavy atom. The first-order chi connectivity index (χ1) is 9.45. The summed E-state index contributed by atoms with van der Waals surface area (Å²) in [6.07, 6.45) is 0. The SMILES string of the molecule is COC(C)=NCS(=O)(=O)c1ccc(C)cc1.O=S(=O)(O)F. The third-order valence-corrected chi connectivity index (χ3v) is 3.59. The van der Waals surface area contributed by atoms with Crippen LogP contribution in [0, 0.1) is 6.92 Å². The van der Waals surface area contributed by atoms with E-state index >= 15 is 0 Å². The number of rotatable bonds is 3. The highest BCUT2D eigenvalue weighted by atomic mass is 32.3. The number of nitrogens with zero attached hydrogens (tertiary/aromatic N) is 1. The lowest BCUT2D eigenvalue weighted by atomic mass is 10.2. The van der Waals surface area contributed by atoms with Gasteiger partial charge in [-0.25, -0.2) is 13.4 Å². The molecule has 0 aliphatic carbocycles. The molecule has 0 saturated carbocycles. The number of hydrogen-bond acceptors (Lipinski definition) is 6. The second-order valence-corrected chi connectivity index (χ2v) is 6.63. The average molecular weight is 341 g/mol. The van der Waals surface area contributed by atoms with E-state index in [9.17, 15) is 12.3 Å². The van der Waals surface area contributed by atoms with Gasteiger partial charge in [0.2, 0.25) is 0 Å². The molecule has 0 amide bonds. The average Bonchev–Trinajstić information content (AvgIpc) is 2.34. The van der Waals surface area contributed by atoms with Crippen LogP contribution in [0.5, 0.6) is 0 Å². The van der Waals surface area contributed by atoms with Crippen LogP contribution in [0.3, 0.4) is 0 Å². The second kappa shape index (κ2) is 8.05. The smallest absolute Gasteiger partial charge is 0.435 e. The van der Waals surface area contributed by atoms with E-state index in [0.29, 0.717) is 5.90 Å². The first-order valence-corrected chi connectivity index (χ1v) is 8.46. The summed E-state index contributed by atoms with van der Waals surface area (Å²) in [6, 6.07) is 6.70. The van der Waals surface area contributed by atoms with Crippen LogP contribution in [-0.2, 0) is 25.1 Å². The Morgan fingerprint density at radius 1 is 1.24 bits per heavy atom. The van der Waals surface area contributed by atoms with Crippen LogP contribution in [0.2, 0.25) is 0 Å². The van der Waals surface area contributed by atoms with Crippen LogP contribution in [0.15, 0.2) is 34.2 Å². The summed E-state index contributed by atoms with van der Waals surface area (Å²) in [4.78, 5) is 4.10. The molecule has 0 atom stereocenters. The normalized spacial score (nSPS) is 12.3. The number of halogens is 1. The Kier molecular flexibility index (Phi) is 7.47. The van der Waals surface area contributed by atoms with E-state index in [0.717, 1.165) is 5.56 Å². The number of sulfone groups is 1. The fourth-order valence-corrected chi connectivity index (χ4v) is 2.11. The van der Waals surface area contributed by atoms with E-state index in [1.165, 1.54) is 7.11 Å². The minimum absolute atomic E-state index is 0.282. The fraction of sp³-hybridized carbons (Fsp3) is 0.364. The molecule has 1 aromatic rings. The van der Waals surface area contributed by atoms with Gasteiger partial charge in [0.25, 0.3) is 0 Å². The van der Waals surface area contributed by atoms with Crippen molar-refractivity contribution in [2.45, 2.75) is 18.7 Å². The zero-order chi connectivity index (χ0) is 16.7. The quantitative estimate of drug-likeness (QED) is 0.386. The van der Waals surface area contributed by atoms with Crippen molar-refractivity contribution < 1.29 is 30.0 Å². The highest BCUT2D eigenvalue weighted by Crippen LogP contribution is 2.12. The van der Waals surface area contributed by atoms with Gasteiger partial charge in [0.15, 0.2) is 15.7 Å². The van der Waals surface area contributed by atoms with Crippen molar-refractivity contribution in [2.24, 2.45) is 4.99 Å². The fourth-order valence-electron chi connectivity index (χ4n) is 1.06. The molecule has 0 radical (unpaired) electrons. The van der Waals surface area contributed by atoms with E-state index in [2.05, 4.69) is 4.99 Å². The molecule has 0 aromatic heterocycles. The van der Waals surface area contributed by atoms with Crippen molar-refractivity contribution >= 4 is 26.2 Å². The number of ether oxygens (including phenoxy) is 1. The first-order valence-electron chi connectivity index (χ1n) is 5.47. The molecule has 0 aliphatic heterocycles. The Morgan fingerprint density at radius 2 is 1.67 bits per heavy atom. The second-order valence-electron chi connectivity index (χ2n) is 3.85. The molecule has 0 unspecified atom stereocenters. The largest absolute Gasteiger partial charge is 0.484 e. The molecule has 1 N–H and O–H groups in total. The molecule has 0 bridgehead atoms. The minimum atomic E-state index is -5.17. The molecule has 7 nitrogen and oxygen atoms in total. The molecular formula is C11H16FNO6S2. The number of methoxy groups -OCH3 is 1. The summed E-state index contributed by atoms with van der Waals surface area (Å²) >= 11 is 0. The standard InChI is InChI=1S/C11H15NO3S.FHO3S/c1-9-4-6-11(7-5-9)16(13,14)8-12-10(2)15-3;1-5(2,3)4/h4-7H,8H2,1-3H3;(H,2,3,4). The van der Waals surface area contributed by atoms with Gasteiger partial charge in [-0.05, 0) is 19.1 Å². The lowest BCUT2D eigenvalue weighted by Gasteiger charge is -2.02. The summed E-state index contributed by atoms with van der Waals surface area (Å²) in [6.45, 7) is 3.52. The van der Waals surface area contributed by atoms with Crippen molar-refractivity contribution in [3.8, 4) is 0 Å². The van der Waals surface area contributed by atoms with Gasteiger partial charge in [-0.3, -0.25) is 4.55 Å². The predicted molar refractivity (Wildman–Crippen MR) is 76.0 cm³/mol. The lowest BCUT2D eigenvalue weighted by Crippen LogP contribution is -2.07. The van der Waals surface area contributed by atoms with Gasteiger partial charge in [0, 0.05) is 6.92 Å². The van der Waals surface area contributed by atoms with Gasteiger partial charge in [0.05, 0.1) is 12.0 Å². The van der Waals surface area contributed by atoms with Gasteiger partial charge in [-0.1, -0.05) is 21.6 Å². The molecule has 0 aliphatic rings. The van der Waals surface area contributed by atoms with Gasteiger partial charge in [-0.15, -0.1) is 0 Å². The van der Waals surface area contributed by atoms with Gasteiger partial charge >= 0.3 is 10.5 Å². The lowest BCUT2D eigenvalue weighted by molar-refractivity contribution is 0.398. The minimum Gasteiger partial charge on any atom is -0.484 e. The van der Waals surface area contributed by atoms with Crippen LogP contribution in [0.25, 0.3) is 0 Å². The maximum absolute atomic E-state index is 11.8. The third-order valence-electron chi connectivity index (χ3n) is 2.13. The Labute approximate surface area is 123 Å². The molecule has 120 valence electrons. The highest BCUT2D eigenvalue weighted by Gasteiger charge is 2.13. The monoisotopic (exact) mass is 341 g/mol. The van der Waals surface area contributed by atoms with Crippen LogP contribution >= 0.6 is 0 Å². The van der Waals surface area contributed by atoms with E-state index in [1.54, 1.807) is 31.2 Å². The van der Waals surface area contributed by atoms with Crippen LogP contribution < -0.4 is 0 Å². The van der Waals surface area contributed by atoms with Crippen molar-refractivity contribution in [3.05, 3.63) is 29.8 Å². The Hall–Kier alpha value is -1.52. The van der Waals surface area contributed by atoms with Gasteiger partial charge in [0.1, 0.15) is 5.88 Å². The molecule has 0 spiro atoms. The highest BCUT2D eigenvalue weighted by molar-refractivity contribution is 7.91. The Bertz CT molecular complexity index is 672. The van der Waals surface area contributed by atoms with Crippen LogP contribution in [0.4, 0.5) is 3.89 Å². The molecule has 1 aromatic carbocycles. The zero-order valence-corrected chi connectivity index (χ0v) is 13.3. The van der Waals surface area contributed by atoms with Crippen LogP contribution in [0.1, 0.15) is 12.5 Å². The topological polar surface area (TPSA) is 110 Å². The summed E-state index contributed by atoms with van der Waals surface area (Å²) in [5.41, 5.74) is 1.02. The van der Waals surface area contributed by atoms with Crippen molar-refractivity contribution in [1.82, 2.24) is 0 Å². The predicted octanol–water partition coefficient (Wildman–Crippen LogP) is 1.55. The van der Waals surface area contributed by atoms with E-state index in [1.807, 2.05) is 6.92 Å². The van der Waals surface area contributed by atoms with Crippen molar-refractivity contribution in [1.29, 1.82) is 0 Å². The van der Waals surface area contributed by atoms with Crippen molar-refractivity contribution in [3.63, 3.8) is 0 Å². The molecule has 0 saturated heterocycles.